The lowest BCUT2D eigenvalue weighted by Crippen LogP contribution is -2.03. The molecule has 20 heavy (non-hydrogen) atoms. The number of anilines is 2. The predicted octanol–water partition coefficient (Wildman–Crippen LogP) is 2.81. The van der Waals surface area contributed by atoms with Crippen molar-refractivity contribution in [1.82, 2.24) is 9.97 Å². The highest BCUT2D eigenvalue weighted by molar-refractivity contribution is 9.10. The van der Waals surface area contributed by atoms with Crippen LogP contribution in [-0.2, 0) is 6.54 Å². The van der Waals surface area contributed by atoms with E-state index < -0.39 is 0 Å². The van der Waals surface area contributed by atoms with E-state index in [1.54, 1.807) is 0 Å². The van der Waals surface area contributed by atoms with Gasteiger partial charge in [-0.2, -0.15) is 0 Å². The average Bonchev–Trinajstić information content (AvgIpc) is 2.76. The molecule has 3 rings (SSSR count). The molecule has 0 bridgehead atoms. The first kappa shape index (κ1) is 12.8. The third kappa shape index (κ3) is 2.42. The van der Waals surface area contributed by atoms with E-state index in [2.05, 4.69) is 31.2 Å². The Morgan fingerprint density at radius 3 is 2.60 bits per heavy atom. The zero-order chi connectivity index (χ0) is 14.1. The van der Waals surface area contributed by atoms with Crippen LogP contribution < -0.4 is 16.7 Å². The number of imidazole rings is 1. The fourth-order valence-electron chi connectivity index (χ4n) is 2.08. The van der Waals surface area contributed by atoms with Gasteiger partial charge >= 0.3 is 5.69 Å². The van der Waals surface area contributed by atoms with Crippen molar-refractivity contribution in [1.29, 1.82) is 0 Å². The first-order chi connectivity index (χ1) is 9.63. The van der Waals surface area contributed by atoms with Crippen LogP contribution in [0, 0.1) is 0 Å². The van der Waals surface area contributed by atoms with E-state index in [-0.39, 0.29) is 5.69 Å². The molecule has 5 nitrogen and oxygen atoms in total. The maximum atomic E-state index is 11.3. The van der Waals surface area contributed by atoms with Crippen molar-refractivity contribution in [2.75, 3.05) is 11.1 Å². The number of rotatable bonds is 3. The maximum absolute atomic E-state index is 11.3. The summed E-state index contributed by atoms with van der Waals surface area (Å²) in [4.78, 5) is 16.7. The summed E-state index contributed by atoms with van der Waals surface area (Å²) < 4.78 is 0.884. The minimum Gasteiger partial charge on any atom is -0.398 e. The van der Waals surface area contributed by atoms with Crippen molar-refractivity contribution >= 4 is 38.3 Å². The Kier molecular flexibility index (Phi) is 3.23. The van der Waals surface area contributed by atoms with Gasteiger partial charge in [0.1, 0.15) is 0 Å². The van der Waals surface area contributed by atoms with E-state index in [4.69, 9.17) is 5.73 Å². The number of nitrogens with one attached hydrogen (secondary N) is 3. The topological polar surface area (TPSA) is 86.7 Å². The molecule has 5 N–H and O–H groups in total. The molecule has 2 aromatic carbocycles. The van der Waals surface area contributed by atoms with Crippen LogP contribution in [0.15, 0.2) is 45.7 Å². The standard InChI is InChI=1S/C14H13BrN4O/c15-9-5-12-13(19-14(20)18-12)6-11(9)17-7-8-3-1-2-4-10(8)16/h1-6,17H,7,16H2,(H2,18,19,20). The van der Waals surface area contributed by atoms with E-state index in [9.17, 15) is 4.79 Å². The lowest BCUT2D eigenvalue weighted by molar-refractivity contribution is 1.15. The molecule has 102 valence electrons. The SMILES string of the molecule is Nc1ccccc1CNc1cc2[nH]c(=O)[nH]c2cc1Br. The quantitative estimate of drug-likeness (QED) is 0.556. The molecule has 0 atom stereocenters. The van der Waals surface area contributed by atoms with E-state index in [0.29, 0.717) is 6.54 Å². The second kappa shape index (κ2) is 5.05. The molecular formula is C14H13BrN4O. The Labute approximate surface area is 123 Å². The Balaban J connectivity index is 1.89. The molecule has 1 heterocycles. The lowest BCUT2D eigenvalue weighted by atomic mass is 10.2. The lowest BCUT2D eigenvalue weighted by Gasteiger charge is -2.10. The molecule has 1 aromatic heterocycles. The monoisotopic (exact) mass is 332 g/mol. The molecule has 0 fully saturated rings. The van der Waals surface area contributed by atoms with E-state index in [1.165, 1.54) is 0 Å². The van der Waals surface area contributed by atoms with Crippen LogP contribution >= 0.6 is 15.9 Å². The Bertz CT molecular complexity index is 821. The molecule has 0 aliphatic rings. The largest absolute Gasteiger partial charge is 0.398 e. The van der Waals surface area contributed by atoms with Gasteiger partial charge in [-0.05, 0) is 39.7 Å². The van der Waals surface area contributed by atoms with Gasteiger partial charge in [0, 0.05) is 16.7 Å². The van der Waals surface area contributed by atoms with Crippen molar-refractivity contribution < 1.29 is 0 Å². The number of aromatic amines is 2. The van der Waals surface area contributed by atoms with Crippen molar-refractivity contribution in [3.63, 3.8) is 0 Å². The Morgan fingerprint density at radius 2 is 1.85 bits per heavy atom. The average molecular weight is 333 g/mol. The molecule has 3 aromatic rings. The minimum absolute atomic E-state index is 0.212. The number of fused-ring (bicyclic) bond motifs is 1. The van der Waals surface area contributed by atoms with Gasteiger partial charge in [0.2, 0.25) is 0 Å². The van der Waals surface area contributed by atoms with Gasteiger partial charge in [-0.15, -0.1) is 0 Å². The number of nitrogens with two attached hydrogens (primary N) is 1. The number of benzene rings is 2. The molecule has 0 saturated carbocycles. The molecule has 6 heteroatoms. The summed E-state index contributed by atoms with van der Waals surface area (Å²) >= 11 is 3.49. The summed E-state index contributed by atoms with van der Waals surface area (Å²) in [7, 11) is 0. The van der Waals surface area contributed by atoms with Crippen LogP contribution in [0.4, 0.5) is 11.4 Å². The molecule has 0 amide bonds. The van der Waals surface area contributed by atoms with Gasteiger partial charge in [0.05, 0.1) is 16.7 Å². The second-order valence-electron chi connectivity index (χ2n) is 4.51. The van der Waals surface area contributed by atoms with E-state index in [1.807, 2.05) is 36.4 Å². The zero-order valence-corrected chi connectivity index (χ0v) is 12.1. The third-order valence-electron chi connectivity index (χ3n) is 3.13. The number of aromatic nitrogens is 2. The van der Waals surface area contributed by atoms with Crippen LogP contribution in [0.5, 0.6) is 0 Å². The highest BCUT2D eigenvalue weighted by Crippen LogP contribution is 2.27. The summed E-state index contributed by atoms with van der Waals surface area (Å²) in [5.41, 5.74) is 9.92. The van der Waals surface area contributed by atoms with Crippen LogP contribution in [0.3, 0.4) is 0 Å². The van der Waals surface area contributed by atoms with Gasteiger partial charge in [0.25, 0.3) is 0 Å². The number of halogens is 1. The number of nitrogen functional groups attached to an aromatic ring is 1. The Hall–Kier alpha value is -2.21. The number of H-pyrrole nitrogens is 2. The summed E-state index contributed by atoms with van der Waals surface area (Å²) in [5, 5.41) is 3.31. The molecule has 0 aliphatic heterocycles. The fourth-order valence-corrected chi connectivity index (χ4v) is 2.56. The number of para-hydroxylation sites is 1. The molecule has 0 unspecified atom stereocenters. The smallest absolute Gasteiger partial charge is 0.323 e. The Morgan fingerprint density at radius 1 is 1.15 bits per heavy atom. The van der Waals surface area contributed by atoms with Crippen molar-refractivity contribution in [2.45, 2.75) is 6.54 Å². The molecule has 0 spiro atoms. The summed E-state index contributed by atoms with van der Waals surface area (Å²) in [6.07, 6.45) is 0. The van der Waals surface area contributed by atoms with Crippen LogP contribution in [0.25, 0.3) is 11.0 Å². The molecule has 0 aliphatic carbocycles. The summed E-state index contributed by atoms with van der Waals surface area (Å²) in [6, 6.07) is 11.5. The maximum Gasteiger partial charge on any atom is 0.323 e. The van der Waals surface area contributed by atoms with Gasteiger partial charge in [0.15, 0.2) is 0 Å². The normalized spacial score (nSPS) is 10.8. The van der Waals surface area contributed by atoms with Crippen molar-refractivity contribution in [3.8, 4) is 0 Å². The fraction of sp³-hybridized carbons (Fsp3) is 0.0714. The van der Waals surface area contributed by atoms with Crippen LogP contribution in [0.2, 0.25) is 0 Å². The molecule has 0 saturated heterocycles. The highest BCUT2D eigenvalue weighted by atomic mass is 79.9. The minimum atomic E-state index is -0.212. The van der Waals surface area contributed by atoms with Gasteiger partial charge in [-0.1, -0.05) is 18.2 Å². The predicted molar refractivity (Wildman–Crippen MR) is 84.8 cm³/mol. The number of hydrogen-bond acceptors (Lipinski definition) is 3. The first-order valence-electron chi connectivity index (χ1n) is 6.12. The van der Waals surface area contributed by atoms with Crippen LogP contribution in [-0.4, -0.2) is 9.97 Å². The zero-order valence-electron chi connectivity index (χ0n) is 10.5. The highest BCUT2D eigenvalue weighted by Gasteiger charge is 2.06. The van der Waals surface area contributed by atoms with Gasteiger partial charge in [-0.3, -0.25) is 0 Å². The molecular weight excluding hydrogens is 320 g/mol. The molecule has 0 radical (unpaired) electrons. The summed E-state index contributed by atoms with van der Waals surface area (Å²) in [5.74, 6) is 0. The third-order valence-corrected chi connectivity index (χ3v) is 3.78. The summed E-state index contributed by atoms with van der Waals surface area (Å²) in [6.45, 7) is 0.617. The van der Waals surface area contributed by atoms with E-state index >= 15 is 0 Å². The van der Waals surface area contributed by atoms with Gasteiger partial charge in [-0.25, -0.2) is 4.79 Å². The first-order valence-corrected chi connectivity index (χ1v) is 6.91. The van der Waals surface area contributed by atoms with Crippen LogP contribution in [0.1, 0.15) is 5.56 Å². The van der Waals surface area contributed by atoms with Crippen molar-refractivity contribution in [3.05, 3.63) is 56.9 Å². The van der Waals surface area contributed by atoms with E-state index in [0.717, 1.165) is 32.4 Å². The number of hydrogen-bond donors (Lipinski definition) is 4. The van der Waals surface area contributed by atoms with Crippen molar-refractivity contribution in [2.24, 2.45) is 0 Å². The van der Waals surface area contributed by atoms with Gasteiger partial charge < -0.3 is 21.0 Å². The second-order valence-corrected chi connectivity index (χ2v) is 5.36.